The molecule has 3 aromatic rings. The zero-order valence-electron chi connectivity index (χ0n) is 18.5. The van der Waals surface area contributed by atoms with Gasteiger partial charge in [0.05, 0.1) is 35.5 Å². The van der Waals surface area contributed by atoms with E-state index in [0.717, 1.165) is 30.2 Å². The minimum Gasteiger partial charge on any atom is -0.495 e. The summed E-state index contributed by atoms with van der Waals surface area (Å²) >= 11 is 7.40. The number of rotatable bonds is 7. The van der Waals surface area contributed by atoms with Crippen molar-refractivity contribution in [2.45, 2.75) is 37.4 Å². The van der Waals surface area contributed by atoms with Crippen molar-refractivity contribution in [1.29, 1.82) is 5.26 Å². The first-order valence-electron chi connectivity index (χ1n) is 10.5. The molecule has 1 saturated carbocycles. The Kier molecular flexibility index (Phi) is 6.37. The Morgan fingerprint density at radius 1 is 1.39 bits per heavy atom. The van der Waals surface area contributed by atoms with Crippen molar-refractivity contribution in [3.63, 3.8) is 0 Å². The van der Waals surface area contributed by atoms with Crippen LogP contribution in [0.5, 0.6) is 5.75 Å². The third-order valence-corrected chi connectivity index (χ3v) is 7.15. The molecule has 7 nitrogen and oxygen atoms in total. The summed E-state index contributed by atoms with van der Waals surface area (Å²) < 4.78 is 6.95. The van der Waals surface area contributed by atoms with E-state index in [0.29, 0.717) is 32.5 Å². The molecule has 1 fully saturated rings. The van der Waals surface area contributed by atoms with Crippen LogP contribution in [0.4, 0.5) is 0 Å². The quantitative estimate of drug-likeness (QED) is 0.399. The first kappa shape index (κ1) is 23.1. The number of fused-ring (bicyclic) bond motifs is 1. The Morgan fingerprint density at radius 3 is 2.79 bits per heavy atom. The first-order chi connectivity index (χ1) is 15.8. The van der Waals surface area contributed by atoms with Crippen LogP contribution in [-0.2, 0) is 4.79 Å². The van der Waals surface area contributed by atoms with E-state index in [2.05, 4.69) is 16.4 Å². The molecule has 1 N–H and O–H groups in total. The average Bonchev–Trinajstić information content (AvgIpc) is 3.65. The van der Waals surface area contributed by atoms with E-state index in [4.69, 9.17) is 16.3 Å². The van der Waals surface area contributed by atoms with Crippen LogP contribution in [-0.4, -0.2) is 33.9 Å². The van der Waals surface area contributed by atoms with Crippen LogP contribution < -0.4 is 15.6 Å². The second-order valence-corrected chi connectivity index (χ2v) is 9.60. The van der Waals surface area contributed by atoms with Crippen molar-refractivity contribution in [3.8, 4) is 17.5 Å². The summed E-state index contributed by atoms with van der Waals surface area (Å²) in [4.78, 5) is 30.9. The molecule has 0 bridgehead atoms. The summed E-state index contributed by atoms with van der Waals surface area (Å²) in [5, 5.41) is 13.7. The number of aromatic nitrogens is 2. The number of hydrogen-bond donors (Lipinski definition) is 1. The zero-order valence-corrected chi connectivity index (χ0v) is 20.1. The maximum atomic E-state index is 13.5. The normalized spacial score (nSPS) is 15.0. The SMILES string of the molecule is COc1cc(Cl)c(C)cc1-n1c(SCC(=O)NC(C)(C#N)C2CC2)nc2ccccc2c1=O. The number of thioether (sulfide) groups is 1. The Hall–Kier alpha value is -3.02. The van der Waals surface area contributed by atoms with Gasteiger partial charge >= 0.3 is 0 Å². The minimum absolute atomic E-state index is 0.00363. The highest BCUT2D eigenvalue weighted by Gasteiger charge is 2.43. The van der Waals surface area contributed by atoms with Gasteiger partial charge in [-0.15, -0.1) is 0 Å². The fourth-order valence-electron chi connectivity index (χ4n) is 3.75. The number of carbonyl (C=O) groups excluding carboxylic acids is 1. The molecular weight excluding hydrogens is 460 g/mol. The molecule has 1 aliphatic rings. The number of para-hydroxylation sites is 1. The Labute approximate surface area is 200 Å². The van der Waals surface area contributed by atoms with Crippen molar-refractivity contribution in [3.05, 3.63) is 57.3 Å². The van der Waals surface area contributed by atoms with E-state index in [1.807, 2.05) is 6.92 Å². The topological polar surface area (TPSA) is 97.0 Å². The number of hydrogen-bond acceptors (Lipinski definition) is 6. The van der Waals surface area contributed by atoms with E-state index in [1.165, 1.54) is 11.7 Å². The van der Waals surface area contributed by atoms with Crippen molar-refractivity contribution in [2.75, 3.05) is 12.9 Å². The van der Waals surface area contributed by atoms with E-state index >= 15 is 0 Å². The van der Waals surface area contributed by atoms with Crippen LogP contribution in [0.25, 0.3) is 16.6 Å². The highest BCUT2D eigenvalue weighted by Crippen LogP contribution is 2.39. The van der Waals surface area contributed by atoms with Crippen molar-refractivity contribution in [1.82, 2.24) is 14.9 Å². The van der Waals surface area contributed by atoms with Crippen LogP contribution in [0.3, 0.4) is 0 Å². The molecule has 2 aromatic carbocycles. The molecular formula is C24H23ClN4O3S. The van der Waals surface area contributed by atoms with Gasteiger partial charge in [-0.2, -0.15) is 5.26 Å². The summed E-state index contributed by atoms with van der Waals surface area (Å²) in [5.41, 5.74) is 0.639. The number of carbonyl (C=O) groups is 1. The van der Waals surface area contributed by atoms with Gasteiger partial charge in [0.2, 0.25) is 5.91 Å². The predicted molar refractivity (Wildman–Crippen MR) is 129 cm³/mol. The largest absolute Gasteiger partial charge is 0.495 e. The lowest BCUT2D eigenvalue weighted by Gasteiger charge is -2.23. The second kappa shape index (κ2) is 9.08. The number of ether oxygens (including phenoxy) is 1. The fourth-order valence-corrected chi connectivity index (χ4v) is 4.70. The lowest BCUT2D eigenvalue weighted by Crippen LogP contribution is -2.47. The average molecular weight is 483 g/mol. The van der Waals surface area contributed by atoms with E-state index in [9.17, 15) is 14.9 Å². The number of nitrogens with zero attached hydrogens (tertiary/aromatic N) is 3. The van der Waals surface area contributed by atoms with Gasteiger partial charge < -0.3 is 10.1 Å². The third-order valence-electron chi connectivity index (χ3n) is 5.80. The molecule has 0 aliphatic heterocycles. The van der Waals surface area contributed by atoms with Gasteiger partial charge in [-0.1, -0.05) is 35.5 Å². The van der Waals surface area contributed by atoms with Crippen LogP contribution in [0.15, 0.2) is 46.3 Å². The molecule has 1 atom stereocenters. The Morgan fingerprint density at radius 2 is 2.12 bits per heavy atom. The van der Waals surface area contributed by atoms with Crippen LogP contribution in [0.2, 0.25) is 5.02 Å². The number of nitrogens with one attached hydrogen (secondary N) is 1. The monoisotopic (exact) mass is 482 g/mol. The predicted octanol–water partition coefficient (Wildman–Crippen LogP) is 4.26. The van der Waals surface area contributed by atoms with Gasteiger partial charge in [0.15, 0.2) is 5.16 Å². The van der Waals surface area contributed by atoms with E-state index < -0.39 is 5.54 Å². The van der Waals surface area contributed by atoms with Crippen molar-refractivity contribution in [2.24, 2.45) is 5.92 Å². The van der Waals surface area contributed by atoms with Crippen molar-refractivity contribution >= 4 is 40.2 Å². The first-order valence-corrected chi connectivity index (χ1v) is 11.8. The van der Waals surface area contributed by atoms with Gasteiger partial charge in [-0.05, 0) is 56.4 Å². The Bertz CT molecular complexity index is 1350. The molecule has 1 aliphatic carbocycles. The van der Waals surface area contributed by atoms with Gasteiger partial charge in [0.1, 0.15) is 11.3 Å². The van der Waals surface area contributed by atoms with Gasteiger partial charge in [-0.25, -0.2) is 4.98 Å². The van der Waals surface area contributed by atoms with Gasteiger partial charge in [0, 0.05) is 11.1 Å². The summed E-state index contributed by atoms with van der Waals surface area (Å²) in [6.45, 7) is 3.59. The van der Waals surface area contributed by atoms with Crippen LogP contribution in [0.1, 0.15) is 25.3 Å². The van der Waals surface area contributed by atoms with Gasteiger partial charge in [-0.3, -0.25) is 14.2 Å². The number of halogens is 1. The molecule has 1 unspecified atom stereocenters. The molecule has 1 heterocycles. The lowest BCUT2D eigenvalue weighted by atomic mass is 9.98. The molecule has 0 saturated heterocycles. The minimum atomic E-state index is -0.884. The zero-order chi connectivity index (χ0) is 23.8. The summed E-state index contributed by atoms with van der Waals surface area (Å²) in [6, 6.07) is 12.7. The molecule has 0 radical (unpaired) electrons. The molecule has 0 spiro atoms. The number of nitriles is 1. The highest BCUT2D eigenvalue weighted by atomic mass is 35.5. The maximum absolute atomic E-state index is 13.5. The number of amides is 1. The molecule has 33 heavy (non-hydrogen) atoms. The number of methoxy groups -OCH3 is 1. The lowest BCUT2D eigenvalue weighted by molar-refractivity contribution is -0.119. The fraction of sp³-hybridized carbons (Fsp3) is 0.333. The second-order valence-electron chi connectivity index (χ2n) is 8.25. The number of benzene rings is 2. The van der Waals surface area contributed by atoms with Crippen LogP contribution in [0, 0.1) is 24.2 Å². The smallest absolute Gasteiger partial charge is 0.266 e. The molecule has 170 valence electrons. The number of aryl methyl sites for hydroxylation is 1. The summed E-state index contributed by atoms with van der Waals surface area (Å²) in [5.74, 6) is 0.310. The van der Waals surface area contributed by atoms with E-state index in [1.54, 1.807) is 43.3 Å². The highest BCUT2D eigenvalue weighted by molar-refractivity contribution is 7.99. The molecule has 1 amide bonds. The molecule has 4 rings (SSSR count). The maximum Gasteiger partial charge on any atom is 0.266 e. The van der Waals surface area contributed by atoms with Crippen molar-refractivity contribution < 1.29 is 9.53 Å². The molecule has 9 heteroatoms. The standard InChI is InChI=1S/C24H23ClN4O3S/c1-14-10-19(20(32-3)11-17(14)25)29-22(31)16-6-4-5-7-18(16)27-23(29)33-12-21(30)28-24(2,13-26)15-8-9-15/h4-7,10-11,15H,8-9,12H2,1-3H3,(H,28,30). The summed E-state index contributed by atoms with van der Waals surface area (Å²) in [7, 11) is 1.50. The van der Waals surface area contributed by atoms with Gasteiger partial charge in [0.25, 0.3) is 5.56 Å². The third kappa shape index (κ3) is 4.56. The Balaban J connectivity index is 1.75. The van der Waals surface area contributed by atoms with E-state index in [-0.39, 0.29) is 23.1 Å². The van der Waals surface area contributed by atoms with Crippen LogP contribution >= 0.6 is 23.4 Å². The molecule has 1 aromatic heterocycles. The summed E-state index contributed by atoms with van der Waals surface area (Å²) in [6.07, 6.45) is 1.86.